The predicted octanol–water partition coefficient (Wildman–Crippen LogP) is 5.21. The molecule has 0 fully saturated rings. The molecule has 0 radical (unpaired) electrons. The Balaban J connectivity index is 1.57. The molecular formula is C22H16ClNO3. The summed E-state index contributed by atoms with van der Waals surface area (Å²) in [5.74, 6) is -0.384. The van der Waals surface area contributed by atoms with E-state index in [1.807, 2.05) is 18.2 Å². The average Bonchev–Trinajstić information content (AvgIpc) is 2.69. The Bertz CT molecular complexity index is 949. The second-order valence-corrected chi connectivity index (χ2v) is 6.09. The maximum absolute atomic E-state index is 12.2. The third-order valence-electron chi connectivity index (χ3n) is 3.65. The highest BCUT2D eigenvalue weighted by molar-refractivity contribution is 6.30. The topological polar surface area (TPSA) is 55.4 Å². The van der Waals surface area contributed by atoms with Crippen molar-refractivity contribution in [3.05, 3.63) is 101 Å². The van der Waals surface area contributed by atoms with Crippen LogP contribution in [-0.4, -0.2) is 11.9 Å². The van der Waals surface area contributed by atoms with E-state index >= 15 is 0 Å². The van der Waals surface area contributed by atoms with Crippen LogP contribution < -0.4 is 10.1 Å². The average molecular weight is 378 g/mol. The summed E-state index contributed by atoms with van der Waals surface area (Å²) in [5.41, 5.74) is 2.02. The highest BCUT2D eigenvalue weighted by Gasteiger charge is 2.07. The lowest BCUT2D eigenvalue weighted by atomic mass is 10.2. The molecule has 0 bridgehead atoms. The first-order chi connectivity index (χ1) is 13.1. The van der Waals surface area contributed by atoms with Gasteiger partial charge in [-0.2, -0.15) is 0 Å². The van der Waals surface area contributed by atoms with Gasteiger partial charge in [0.2, 0.25) is 0 Å². The minimum atomic E-state index is -0.508. The highest BCUT2D eigenvalue weighted by Crippen LogP contribution is 2.15. The summed E-state index contributed by atoms with van der Waals surface area (Å²) >= 11 is 5.82. The summed E-state index contributed by atoms with van der Waals surface area (Å²) in [6.45, 7) is 0. The first-order valence-electron chi connectivity index (χ1n) is 8.22. The molecule has 0 atom stereocenters. The highest BCUT2D eigenvalue weighted by atomic mass is 35.5. The molecule has 0 saturated heterocycles. The van der Waals surface area contributed by atoms with Crippen LogP contribution in [0.5, 0.6) is 5.75 Å². The fourth-order valence-corrected chi connectivity index (χ4v) is 2.41. The minimum absolute atomic E-state index is 0.235. The number of halogens is 1. The number of benzene rings is 3. The number of amides is 1. The van der Waals surface area contributed by atoms with E-state index in [0.29, 0.717) is 22.0 Å². The zero-order chi connectivity index (χ0) is 19.1. The van der Waals surface area contributed by atoms with Crippen molar-refractivity contribution >= 4 is 35.2 Å². The zero-order valence-corrected chi connectivity index (χ0v) is 15.0. The summed E-state index contributed by atoms with van der Waals surface area (Å²) < 4.78 is 5.23. The summed E-state index contributed by atoms with van der Waals surface area (Å²) in [4.78, 5) is 24.1. The molecule has 0 spiro atoms. The summed E-state index contributed by atoms with van der Waals surface area (Å²) in [5, 5.41) is 3.42. The van der Waals surface area contributed by atoms with E-state index in [2.05, 4.69) is 5.32 Å². The number of anilines is 1. The van der Waals surface area contributed by atoms with E-state index in [4.69, 9.17) is 16.3 Å². The predicted molar refractivity (Wildman–Crippen MR) is 107 cm³/mol. The minimum Gasteiger partial charge on any atom is -0.423 e. The van der Waals surface area contributed by atoms with Gasteiger partial charge in [0, 0.05) is 22.3 Å². The molecule has 134 valence electrons. The Kier molecular flexibility index (Phi) is 6.02. The van der Waals surface area contributed by atoms with Crippen molar-refractivity contribution in [1.82, 2.24) is 0 Å². The van der Waals surface area contributed by atoms with Crippen molar-refractivity contribution in [2.24, 2.45) is 0 Å². The van der Waals surface area contributed by atoms with Crippen LogP contribution in [0.3, 0.4) is 0 Å². The molecule has 1 amide bonds. The first-order valence-corrected chi connectivity index (χ1v) is 8.60. The molecule has 4 nitrogen and oxygen atoms in total. The molecule has 1 N–H and O–H groups in total. The van der Waals surface area contributed by atoms with E-state index < -0.39 is 5.97 Å². The molecule has 3 aromatic rings. The van der Waals surface area contributed by atoms with Gasteiger partial charge in [-0.25, -0.2) is 4.79 Å². The van der Waals surface area contributed by atoms with Gasteiger partial charge in [-0.15, -0.1) is 0 Å². The van der Waals surface area contributed by atoms with E-state index in [0.717, 1.165) is 5.56 Å². The molecule has 0 aliphatic rings. The monoisotopic (exact) mass is 377 g/mol. The number of ether oxygens (including phenoxy) is 1. The van der Waals surface area contributed by atoms with Crippen molar-refractivity contribution in [1.29, 1.82) is 0 Å². The van der Waals surface area contributed by atoms with Crippen LogP contribution in [0.4, 0.5) is 5.69 Å². The molecule has 0 aliphatic heterocycles. The molecule has 0 aromatic heterocycles. The van der Waals surface area contributed by atoms with E-state index in [1.165, 1.54) is 6.08 Å². The van der Waals surface area contributed by atoms with Crippen LogP contribution in [0.1, 0.15) is 15.9 Å². The number of hydrogen-bond acceptors (Lipinski definition) is 3. The van der Waals surface area contributed by atoms with E-state index in [-0.39, 0.29) is 5.91 Å². The third kappa shape index (κ3) is 5.56. The third-order valence-corrected chi connectivity index (χ3v) is 3.90. The van der Waals surface area contributed by atoms with E-state index in [9.17, 15) is 9.59 Å². The second kappa shape index (κ2) is 8.83. The van der Waals surface area contributed by atoms with Crippen molar-refractivity contribution in [2.45, 2.75) is 0 Å². The van der Waals surface area contributed by atoms with Crippen LogP contribution in [-0.2, 0) is 4.79 Å². The van der Waals surface area contributed by atoms with Gasteiger partial charge in [0.25, 0.3) is 5.91 Å². The Morgan fingerprint density at radius 3 is 2.19 bits per heavy atom. The molecule has 0 heterocycles. The number of nitrogens with one attached hydrogen (secondary N) is 1. The van der Waals surface area contributed by atoms with Crippen LogP contribution in [0.15, 0.2) is 84.9 Å². The normalized spacial score (nSPS) is 10.6. The molecule has 3 aromatic carbocycles. The van der Waals surface area contributed by atoms with Crippen molar-refractivity contribution < 1.29 is 14.3 Å². The standard InChI is InChI=1S/C22H16ClNO3/c23-18-11-6-16(7-12-18)8-15-21(25)27-20-13-9-17(10-14-20)22(26)24-19-4-2-1-3-5-19/h1-15H,(H,24,26)/b15-8+. The summed E-state index contributed by atoms with van der Waals surface area (Å²) in [6.07, 6.45) is 2.97. The fourth-order valence-electron chi connectivity index (χ4n) is 2.29. The van der Waals surface area contributed by atoms with Gasteiger partial charge in [0.05, 0.1) is 0 Å². The van der Waals surface area contributed by atoms with Crippen LogP contribution in [0, 0.1) is 0 Å². The number of esters is 1. The Labute approximate surface area is 162 Å². The molecule has 5 heteroatoms. The van der Waals surface area contributed by atoms with Crippen molar-refractivity contribution in [3.63, 3.8) is 0 Å². The number of carbonyl (C=O) groups is 2. The molecule has 0 unspecified atom stereocenters. The smallest absolute Gasteiger partial charge is 0.336 e. The second-order valence-electron chi connectivity index (χ2n) is 5.65. The first kappa shape index (κ1) is 18.4. The largest absolute Gasteiger partial charge is 0.423 e. The van der Waals surface area contributed by atoms with Crippen molar-refractivity contribution in [2.75, 3.05) is 5.32 Å². The van der Waals surface area contributed by atoms with Crippen LogP contribution in [0.25, 0.3) is 6.08 Å². The SMILES string of the molecule is O=C(/C=C/c1ccc(Cl)cc1)Oc1ccc(C(=O)Nc2ccccc2)cc1. The fraction of sp³-hybridized carbons (Fsp3) is 0. The molecular weight excluding hydrogens is 362 g/mol. The van der Waals surface area contributed by atoms with Crippen LogP contribution in [0.2, 0.25) is 5.02 Å². The zero-order valence-electron chi connectivity index (χ0n) is 14.3. The van der Waals surface area contributed by atoms with Gasteiger partial charge < -0.3 is 10.1 Å². The van der Waals surface area contributed by atoms with Gasteiger partial charge >= 0.3 is 5.97 Å². The molecule has 27 heavy (non-hydrogen) atoms. The van der Waals surface area contributed by atoms with Gasteiger partial charge in [-0.05, 0) is 60.2 Å². The summed E-state index contributed by atoms with van der Waals surface area (Å²) in [7, 11) is 0. The van der Waals surface area contributed by atoms with Gasteiger partial charge in [0.1, 0.15) is 5.75 Å². The number of para-hydroxylation sites is 1. The van der Waals surface area contributed by atoms with Gasteiger partial charge in [-0.1, -0.05) is 41.9 Å². The molecule has 3 rings (SSSR count). The number of hydrogen-bond donors (Lipinski definition) is 1. The summed E-state index contributed by atoms with van der Waals surface area (Å²) in [6, 6.07) is 22.6. The lowest BCUT2D eigenvalue weighted by molar-refractivity contribution is -0.128. The number of rotatable bonds is 5. The van der Waals surface area contributed by atoms with Crippen molar-refractivity contribution in [3.8, 4) is 5.75 Å². The maximum Gasteiger partial charge on any atom is 0.336 e. The Hall–Kier alpha value is -3.37. The lowest BCUT2D eigenvalue weighted by Crippen LogP contribution is -2.11. The molecule has 0 saturated carbocycles. The Morgan fingerprint density at radius 1 is 0.852 bits per heavy atom. The lowest BCUT2D eigenvalue weighted by Gasteiger charge is -2.06. The van der Waals surface area contributed by atoms with Gasteiger partial charge in [-0.3, -0.25) is 4.79 Å². The number of carbonyl (C=O) groups excluding carboxylic acids is 2. The molecule has 0 aliphatic carbocycles. The Morgan fingerprint density at radius 2 is 1.52 bits per heavy atom. The quantitative estimate of drug-likeness (QED) is 0.377. The van der Waals surface area contributed by atoms with E-state index in [1.54, 1.807) is 66.7 Å². The van der Waals surface area contributed by atoms with Gasteiger partial charge in [0.15, 0.2) is 0 Å². The van der Waals surface area contributed by atoms with Crippen LogP contribution >= 0.6 is 11.6 Å². The maximum atomic E-state index is 12.2.